The van der Waals surface area contributed by atoms with Crippen molar-refractivity contribution in [2.75, 3.05) is 18.5 Å². The number of nitrogens with one attached hydrogen (secondary N) is 1. The molecule has 0 saturated heterocycles. The lowest BCUT2D eigenvalue weighted by Crippen LogP contribution is -2.41. The molecule has 32 heavy (non-hydrogen) atoms. The van der Waals surface area contributed by atoms with Crippen LogP contribution in [0.3, 0.4) is 0 Å². The Bertz CT molecular complexity index is 1040. The van der Waals surface area contributed by atoms with Crippen LogP contribution >= 0.6 is 0 Å². The Balaban J connectivity index is 1.51. The topological polar surface area (TPSA) is 111 Å². The van der Waals surface area contributed by atoms with Crippen LogP contribution in [0.1, 0.15) is 63.7 Å². The summed E-state index contributed by atoms with van der Waals surface area (Å²) >= 11 is 0. The number of hydrogen-bond acceptors (Lipinski definition) is 6. The normalized spacial score (nSPS) is 20.2. The number of carbonyl (C=O) groups is 4. The van der Waals surface area contributed by atoms with Gasteiger partial charge in [0.25, 0.3) is 11.8 Å². The fourth-order valence-electron chi connectivity index (χ4n) is 4.56. The molecule has 3 amide bonds. The summed E-state index contributed by atoms with van der Waals surface area (Å²) in [5, 5.41) is 6.90. The highest BCUT2D eigenvalue weighted by atomic mass is 16.5. The van der Waals surface area contributed by atoms with Crippen LogP contribution < -0.4 is 5.32 Å². The maximum atomic E-state index is 13.2. The predicted octanol–water partition coefficient (Wildman–Crippen LogP) is 2.64. The van der Waals surface area contributed by atoms with Gasteiger partial charge in [-0.3, -0.25) is 24.0 Å². The molecule has 0 spiro atoms. The van der Waals surface area contributed by atoms with Crippen LogP contribution in [0.4, 0.5) is 5.82 Å². The largest absolute Gasteiger partial charge is 0.462 e. The zero-order chi connectivity index (χ0) is 22.8. The molecule has 2 aliphatic rings. The van der Waals surface area contributed by atoms with Gasteiger partial charge < -0.3 is 10.1 Å². The molecule has 1 saturated carbocycles. The number of ether oxygens (including phenoxy) is 1. The number of amides is 3. The number of nitrogens with zero attached hydrogens (tertiary/aromatic N) is 3. The number of fused-ring (bicyclic) bond motifs is 1. The minimum atomic E-state index is -0.554. The highest BCUT2D eigenvalue weighted by Gasteiger charge is 2.40. The average molecular weight is 438 g/mol. The second kappa shape index (κ2) is 8.94. The van der Waals surface area contributed by atoms with Gasteiger partial charge in [-0.05, 0) is 37.8 Å². The van der Waals surface area contributed by atoms with Gasteiger partial charge in [-0.15, -0.1) is 0 Å². The second-order valence-corrected chi connectivity index (χ2v) is 8.16. The number of rotatable bonds is 6. The van der Waals surface area contributed by atoms with E-state index in [0.29, 0.717) is 17.5 Å². The zero-order valence-electron chi connectivity index (χ0n) is 18.2. The van der Waals surface area contributed by atoms with E-state index < -0.39 is 11.9 Å². The number of anilines is 1. The molecular formula is C23H26N4O5. The molecule has 9 heteroatoms. The lowest BCUT2D eigenvalue weighted by atomic mass is 9.78. The van der Waals surface area contributed by atoms with Crippen molar-refractivity contribution in [1.82, 2.24) is 14.7 Å². The van der Waals surface area contributed by atoms with E-state index in [2.05, 4.69) is 10.4 Å². The third-order valence-electron chi connectivity index (χ3n) is 6.22. The summed E-state index contributed by atoms with van der Waals surface area (Å²) in [6.45, 7) is 2.12. The van der Waals surface area contributed by atoms with E-state index in [9.17, 15) is 19.2 Å². The minimum absolute atomic E-state index is 0.162. The Labute approximate surface area is 185 Å². The number of carbonyl (C=O) groups excluding carboxylic acids is 4. The van der Waals surface area contributed by atoms with Crippen LogP contribution in [0.25, 0.3) is 0 Å². The summed E-state index contributed by atoms with van der Waals surface area (Å²) in [5.74, 6) is -1.71. The molecule has 2 unspecified atom stereocenters. The Hall–Kier alpha value is -3.49. The van der Waals surface area contributed by atoms with Crippen LogP contribution in [0, 0.1) is 11.8 Å². The number of benzene rings is 1. The van der Waals surface area contributed by atoms with Gasteiger partial charge in [0.05, 0.1) is 23.9 Å². The maximum absolute atomic E-state index is 13.2. The molecule has 1 aromatic heterocycles. The Morgan fingerprint density at radius 2 is 1.78 bits per heavy atom. The quantitative estimate of drug-likeness (QED) is 0.548. The van der Waals surface area contributed by atoms with Crippen LogP contribution in [-0.2, 0) is 16.6 Å². The molecule has 2 atom stereocenters. The first-order valence-electron chi connectivity index (χ1n) is 10.9. The molecule has 1 aromatic carbocycles. The molecule has 0 radical (unpaired) electrons. The summed E-state index contributed by atoms with van der Waals surface area (Å²) in [4.78, 5) is 52.2. The standard InChI is InChI=1S/C23H26N4O5/c1-3-32-23(31)18-12-24-26(2)19(18)25-20(28)15-9-5-4-8-14(15)13-27-21(29)16-10-6-7-11-17(16)22(27)30/h6-7,10-12,14-15H,3-5,8-9,13H2,1-2H3,(H,25,28). The zero-order valence-corrected chi connectivity index (χ0v) is 18.2. The molecular weight excluding hydrogens is 412 g/mol. The summed E-state index contributed by atoms with van der Waals surface area (Å²) in [7, 11) is 1.63. The monoisotopic (exact) mass is 438 g/mol. The third kappa shape index (κ3) is 3.90. The summed E-state index contributed by atoms with van der Waals surface area (Å²) in [6.07, 6.45) is 4.56. The molecule has 168 valence electrons. The van der Waals surface area contributed by atoms with Gasteiger partial charge in [0.15, 0.2) is 0 Å². The Kier molecular flexibility index (Phi) is 6.07. The smallest absolute Gasteiger partial charge is 0.343 e. The van der Waals surface area contributed by atoms with Gasteiger partial charge in [-0.2, -0.15) is 5.10 Å². The van der Waals surface area contributed by atoms with E-state index in [-0.39, 0.29) is 48.2 Å². The van der Waals surface area contributed by atoms with Crippen LogP contribution in [0.5, 0.6) is 0 Å². The Morgan fingerprint density at radius 1 is 1.12 bits per heavy atom. The van der Waals surface area contributed by atoms with Crippen molar-refractivity contribution in [3.8, 4) is 0 Å². The first-order valence-corrected chi connectivity index (χ1v) is 10.9. The van der Waals surface area contributed by atoms with Crippen molar-refractivity contribution in [1.29, 1.82) is 0 Å². The fourth-order valence-corrected chi connectivity index (χ4v) is 4.56. The van der Waals surface area contributed by atoms with Crippen LogP contribution in [0.2, 0.25) is 0 Å². The van der Waals surface area contributed by atoms with E-state index in [1.54, 1.807) is 38.2 Å². The maximum Gasteiger partial charge on any atom is 0.343 e. The minimum Gasteiger partial charge on any atom is -0.462 e. The van der Waals surface area contributed by atoms with E-state index >= 15 is 0 Å². The van der Waals surface area contributed by atoms with Gasteiger partial charge in [0, 0.05) is 19.5 Å². The van der Waals surface area contributed by atoms with E-state index in [0.717, 1.165) is 19.3 Å². The SMILES string of the molecule is CCOC(=O)c1cnn(C)c1NC(=O)C1CCCCC1CN1C(=O)c2ccccc2C1=O. The third-order valence-corrected chi connectivity index (χ3v) is 6.22. The van der Waals surface area contributed by atoms with Crippen molar-refractivity contribution < 1.29 is 23.9 Å². The number of esters is 1. The molecule has 2 aromatic rings. The van der Waals surface area contributed by atoms with E-state index in [4.69, 9.17) is 4.74 Å². The first-order chi connectivity index (χ1) is 15.4. The van der Waals surface area contributed by atoms with Crippen molar-refractivity contribution in [2.24, 2.45) is 18.9 Å². The lowest BCUT2D eigenvalue weighted by molar-refractivity contribution is -0.122. The second-order valence-electron chi connectivity index (χ2n) is 8.16. The number of aryl methyl sites for hydroxylation is 1. The highest BCUT2D eigenvalue weighted by Crippen LogP contribution is 2.34. The molecule has 2 heterocycles. The molecule has 9 nitrogen and oxygen atoms in total. The van der Waals surface area contributed by atoms with Gasteiger partial charge in [-0.1, -0.05) is 25.0 Å². The van der Waals surface area contributed by atoms with Crippen LogP contribution in [-0.4, -0.2) is 51.5 Å². The van der Waals surface area contributed by atoms with Crippen molar-refractivity contribution >= 4 is 29.5 Å². The molecule has 4 rings (SSSR count). The van der Waals surface area contributed by atoms with Gasteiger partial charge >= 0.3 is 5.97 Å². The van der Waals surface area contributed by atoms with Crippen molar-refractivity contribution in [3.63, 3.8) is 0 Å². The number of hydrogen-bond donors (Lipinski definition) is 1. The lowest BCUT2D eigenvalue weighted by Gasteiger charge is -2.32. The summed E-state index contributed by atoms with van der Waals surface area (Å²) < 4.78 is 6.47. The van der Waals surface area contributed by atoms with Gasteiger partial charge in [0.1, 0.15) is 11.4 Å². The van der Waals surface area contributed by atoms with Crippen molar-refractivity contribution in [2.45, 2.75) is 32.6 Å². The van der Waals surface area contributed by atoms with E-state index in [1.165, 1.54) is 15.8 Å². The molecule has 1 aliphatic heterocycles. The summed E-state index contributed by atoms with van der Waals surface area (Å²) in [5.41, 5.74) is 1.00. The van der Waals surface area contributed by atoms with Crippen LogP contribution in [0.15, 0.2) is 30.5 Å². The first kappa shape index (κ1) is 21.7. The molecule has 1 fully saturated rings. The number of imide groups is 1. The molecule has 1 N–H and O–H groups in total. The predicted molar refractivity (Wildman–Crippen MR) is 115 cm³/mol. The Morgan fingerprint density at radius 3 is 2.44 bits per heavy atom. The fraction of sp³-hybridized carbons (Fsp3) is 0.435. The van der Waals surface area contributed by atoms with Crippen molar-refractivity contribution in [3.05, 3.63) is 47.2 Å². The summed E-state index contributed by atoms with van der Waals surface area (Å²) in [6, 6.07) is 6.78. The molecule has 1 aliphatic carbocycles. The van der Waals surface area contributed by atoms with Gasteiger partial charge in [0.2, 0.25) is 5.91 Å². The van der Waals surface area contributed by atoms with E-state index in [1.807, 2.05) is 0 Å². The highest BCUT2D eigenvalue weighted by molar-refractivity contribution is 6.21. The average Bonchev–Trinajstić information content (AvgIpc) is 3.27. The molecule has 0 bridgehead atoms. The van der Waals surface area contributed by atoms with Gasteiger partial charge in [-0.25, -0.2) is 4.79 Å². The number of aromatic nitrogens is 2.